The van der Waals surface area contributed by atoms with Crippen LogP contribution in [-0.2, 0) is 27.1 Å². The Kier molecular flexibility index (Phi) is 3.69. The van der Waals surface area contributed by atoms with Crippen LogP contribution in [0.25, 0.3) is 0 Å². The molecule has 0 radical (unpaired) electrons. The maximum atomic E-state index is 12.6. The maximum absolute atomic E-state index is 12.6. The first-order valence-corrected chi connectivity index (χ1v) is 11.7. The monoisotopic (exact) mass is 428 g/mol. The van der Waals surface area contributed by atoms with Crippen molar-refractivity contribution in [2.75, 3.05) is 0 Å². The number of cyclic esters (lactones) is 1. The zero-order valence-corrected chi connectivity index (χ0v) is 19.0. The number of esters is 1. The van der Waals surface area contributed by atoms with Gasteiger partial charge in [-0.05, 0) is 38.7 Å². The quantitative estimate of drug-likeness (QED) is 0.673. The molecule has 6 aliphatic rings. The van der Waals surface area contributed by atoms with Gasteiger partial charge < -0.3 is 24.1 Å². The molecule has 4 bridgehead atoms. The number of hydrogen-bond donors (Lipinski definition) is 1. The highest BCUT2D eigenvalue weighted by molar-refractivity contribution is 5.96. The summed E-state index contributed by atoms with van der Waals surface area (Å²) in [4.78, 5) is 12.6. The number of phenols is 1. The van der Waals surface area contributed by atoms with Crippen molar-refractivity contribution in [1.29, 1.82) is 0 Å². The van der Waals surface area contributed by atoms with Crippen LogP contribution >= 0.6 is 0 Å². The van der Waals surface area contributed by atoms with Crippen LogP contribution in [0.5, 0.6) is 11.5 Å². The molecule has 6 heteroatoms. The Morgan fingerprint density at radius 2 is 1.94 bits per heavy atom. The summed E-state index contributed by atoms with van der Waals surface area (Å²) in [6, 6.07) is 1.60. The van der Waals surface area contributed by atoms with E-state index in [9.17, 15) is 9.90 Å². The molecule has 1 aromatic rings. The molecule has 6 atom stereocenters. The summed E-state index contributed by atoms with van der Waals surface area (Å²) in [5.41, 5.74) is 0.865. The van der Waals surface area contributed by atoms with Crippen LogP contribution in [-0.4, -0.2) is 40.3 Å². The fourth-order valence-electron chi connectivity index (χ4n) is 7.31. The van der Waals surface area contributed by atoms with Crippen molar-refractivity contribution < 1.29 is 28.8 Å². The summed E-state index contributed by atoms with van der Waals surface area (Å²) >= 11 is 0. The van der Waals surface area contributed by atoms with Crippen molar-refractivity contribution >= 4 is 5.97 Å². The summed E-state index contributed by atoms with van der Waals surface area (Å²) in [5, 5.41) is 10.7. The fourth-order valence-corrected chi connectivity index (χ4v) is 7.31. The molecule has 168 valence electrons. The zero-order valence-electron chi connectivity index (χ0n) is 19.0. The summed E-state index contributed by atoms with van der Waals surface area (Å²) in [6.45, 7) is 10.7. The molecule has 5 aliphatic heterocycles. The Morgan fingerprint density at radius 1 is 1.16 bits per heavy atom. The SMILES string of the molecule is CC(C)[C@]12CC[C@@]3(C)[C@H](CC[C@@]4(C)Oc5cc(O)c6c(c5C[C@@]43O1)C[C@@H](C)OC6=O)O2. The molecule has 6 nitrogen and oxygen atoms in total. The Morgan fingerprint density at radius 3 is 2.68 bits per heavy atom. The van der Waals surface area contributed by atoms with Gasteiger partial charge in [0, 0.05) is 42.2 Å². The van der Waals surface area contributed by atoms with E-state index in [0.717, 1.165) is 36.8 Å². The molecular formula is C25H32O6. The first-order valence-electron chi connectivity index (χ1n) is 11.7. The minimum Gasteiger partial charge on any atom is -0.507 e. The lowest BCUT2D eigenvalue weighted by atomic mass is 9.49. The predicted molar refractivity (Wildman–Crippen MR) is 112 cm³/mol. The highest BCUT2D eigenvalue weighted by Crippen LogP contribution is 2.69. The zero-order chi connectivity index (χ0) is 22.0. The number of carbonyl (C=O) groups excluding carboxylic acids is 1. The highest BCUT2D eigenvalue weighted by Gasteiger charge is 2.77. The predicted octanol–water partition coefficient (Wildman–Crippen LogP) is 4.29. The van der Waals surface area contributed by atoms with Gasteiger partial charge in [0.05, 0.1) is 6.10 Å². The normalized spacial score (nSPS) is 44.8. The van der Waals surface area contributed by atoms with E-state index in [1.165, 1.54) is 0 Å². The van der Waals surface area contributed by atoms with E-state index in [0.29, 0.717) is 18.6 Å². The second kappa shape index (κ2) is 5.76. The molecule has 1 saturated carbocycles. The second-order valence-electron chi connectivity index (χ2n) is 11.1. The van der Waals surface area contributed by atoms with Crippen LogP contribution in [0.4, 0.5) is 0 Å². The van der Waals surface area contributed by atoms with Crippen molar-refractivity contribution in [3.63, 3.8) is 0 Å². The number of carbonyl (C=O) groups is 1. The molecule has 0 unspecified atom stereocenters. The summed E-state index contributed by atoms with van der Waals surface area (Å²) in [5.74, 6) is -0.213. The van der Waals surface area contributed by atoms with E-state index in [1.807, 2.05) is 6.92 Å². The third-order valence-electron chi connectivity index (χ3n) is 9.18. The Hall–Kier alpha value is -1.79. The molecule has 1 aromatic carbocycles. The third-order valence-corrected chi connectivity index (χ3v) is 9.18. The minimum absolute atomic E-state index is 0.0573. The average Bonchev–Trinajstić information content (AvgIpc) is 2.67. The minimum atomic E-state index is -0.603. The van der Waals surface area contributed by atoms with Gasteiger partial charge in [-0.1, -0.05) is 20.8 Å². The number of rotatable bonds is 1. The van der Waals surface area contributed by atoms with Crippen molar-refractivity contribution in [3.8, 4) is 11.5 Å². The maximum Gasteiger partial charge on any atom is 0.342 e. The smallest absolute Gasteiger partial charge is 0.342 e. The van der Waals surface area contributed by atoms with Crippen molar-refractivity contribution in [1.82, 2.24) is 0 Å². The third kappa shape index (κ3) is 2.18. The molecule has 31 heavy (non-hydrogen) atoms. The van der Waals surface area contributed by atoms with E-state index < -0.39 is 23.0 Å². The van der Waals surface area contributed by atoms with Gasteiger partial charge in [-0.2, -0.15) is 0 Å². The molecule has 0 aromatic heterocycles. The van der Waals surface area contributed by atoms with E-state index >= 15 is 0 Å². The van der Waals surface area contributed by atoms with Crippen molar-refractivity contribution in [2.45, 2.75) is 102 Å². The molecular weight excluding hydrogens is 396 g/mol. The Balaban J connectivity index is 1.57. The number of fused-ring (bicyclic) bond motifs is 4. The van der Waals surface area contributed by atoms with E-state index in [4.69, 9.17) is 18.9 Å². The molecule has 1 aliphatic carbocycles. The highest BCUT2D eigenvalue weighted by atomic mass is 16.7. The molecule has 7 rings (SSSR count). The average molecular weight is 429 g/mol. The van der Waals surface area contributed by atoms with E-state index in [2.05, 4.69) is 27.7 Å². The molecule has 1 N–H and O–H groups in total. The van der Waals surface area contributed by atoms with Crippen LogP contribution in [0.2, 0.25) is 0 Å². The van der Waals surface area contributed by atoms with E-state index in [-0.39, 0.29) is 34.9 Å². The molecule has 4 fully saturated rings. The standard InChI is InChI=1S/C25H32O6/c1-13(2)24-9-8-22(4)19(30-24)6-7-23(5)25(22,31-24)12-16-15-10-14(3)28-21(27)20(15)17(26)11-18(16)29-23/h11,13-14,19,26H,6-10,12H2,1-5H3/t14-,19+,22+,23-,24+,25+/m1/s1. The summed E-state index contributed by atoms with van der Waals surface area (Å²) in [6.07, 6.45) is 4.81. The lowest BCUT2D eigenvalue weighted by Gasteiger charge is -2.73. The first kappa shape index (κ1) is 19.9. The number of phenolic OH excluding ortho intramolecular Hbond substituents is 1. The van der Waals surface area contributed by atoms with Gasteiger partial charge in [-0.25, -0.2) is 4.79 Å². The van der Waals surface area contributed by atoms with Crippen LogP contribution < -0.4 is 4.74 Å². The fraction of sp³-hybridized carbons (Fsp3) is 0.720. The molecule has 1 spiro atoms. The van der Waals surface area contributed by atoms with Gasteiger partial charge in [-0.3, -0.25) is 0 Å². The Bertz CT molecular complexity index is 1000. The molecule has 3 saturated heterocycles. The van der Waals surface area contributed by atoms with Gasteiger partial charge in [0.25, 0.3) is 0 Å². The second-order valence-corrected chi connectivity index (χ2v) is 11.1. The number of benzene rings is 1. The van der Waals surface area contributed by atoms with Crippen LogP contribution in [0.1, 0.15) is 81.8 Å². The number of ether oxygens (including phenoxy) is 4. The lowest BCUT2D eigenvalue weighted by Crippen LogP contribution is -2.82. The molecule has 5 heterocycles. The van der Waals surface area contributed by atoms with Gasteiger partial charge in [0.2, 0.25) is 0 Å². The van der Waals surface area contributed by atoms with E-state index in [1.54, 1.807) is 6.07 Å². The van der Waals surface area contributed by atoms with Gasteiger partial charge in [0.15, 0.2) is 5.79 Å². The van der Waals surface area contributed by atoms with Gasteiger partial charge in [-0.15, -0.1) is 0 Å². The first-order chi connectivity index (χ1) is 14.5. The van der Waals surface area contributed by atoms with Crippen LogP contribution in [0.15, 0.2) is 6.07 Å². The van der Waals surface area contributed by atoms with Crippen LogP contribution in [0.3, 0.4) is 0 Å². The largest absolute Gasteiger partial charge is 0.507 e. The summed E-state index contributed by atoms with van der Waals surface area (Å²) < 4.78 is 26.0. The van der Waals surface area contributed by atoms with Crippen molar-refractivity contribution in [3.05, 3.63) is 22.8 Å². The number of aromatic hydroxyl groups is 1. The van der Waals surface area contributed by atoms with Crippen molar-refractivity contribution in [2.24, 2.45) is 11.3 Å². The molecule has 0 amide bonds. The van der Waals surface area contributed by atoms with Gasteiger partial charge >= 0.3 is 5.97 Å². The summed E-state index contributed by atoms with van der Waals surface area (Å²) in [7, 11) is 0. The van der Waals surface area contributed by atoms with Crippen LogP contribution in [0, 0.1) is 11.3 Å². The topological polar surface area (TPSA) is 74.2 Å². The van der Waals surface area contributed by atoms with Gasteiger partial charge in [0.1, 0.15) is 34.4 Å². The number of hydrogen-bond acceptors (Lipinski definition) is 6. The lowest BCUT2D eigenvalue weighted by molar-refractivity contribution is -0.478. The Labute approximate surface area is 183 Å².